The minimum atomic E-state index is -3.59. The van der Waals surface area contributed by atoms with E-state index in [-0.39, 0.29) is 10.8 Å². The number of benzene rings is 1. The Morgan fingerprint density at radius 3 is 2.37 bits per heavy atom. The fourth-order valence-electron chi connectivity index (χ4n) is 3.38. The number of amides is 1. The zero-order valence-electron chi connectivity index (χ0n) is 15.9. The highest BCUT2D eigenvalue weighted by atomic mass is 32.2. The third-order valence-corrected chi connectivity index (χ3v) is 6.93. The number of sulfonamides is 1. The van der Waals surface area contributed by atoms with E-state index in [2.05, 4.69) is 10.5 Å². The van der Waals surface area contributed by atoms with Crippen molar-refractivity contribution in [3.63, 3.8) is 0 Å². The summed E-state index contributed by atoms with van der Waals surface area (Å²) in [6.07, 6.45) is 3.86. The average Bonchev–Trinajstić information content (AvgIpc) is 2.82. The van der Waals surface area contributed by atoms with E-state index in [4.69, 9.17) is 4.52 Å². The number of hydrogen-bond acceptors (Lipinski definition) is 5. The first kappa shape index (κ1) is 19.6. The van der Waals surface area contributed by atoms with Crippen molar-refractivity contribution in [2.24, 2.45) is 0 Å². The molecular formula is C19H25N3O4S. The van der Waals surface area contributed by atoms with Crippen molar-refractivity contribution in [3.8, 4) is 0 Å². The maximum absolute atomic E-state index is 13.1. The van der Waals surface area contributed by atoms with Gasteiger partial charge in [-0.2, -0.15) is 4.31 Å². The van der Waals surface area contributed by atoms with Gasteiger partial charge in [0.1, 0.15) is 11.3 Å². The van der Waals surface area contributed by atoms with Crippen LogP contribution in [0.1, 0.15) is 53.1 Å². The lowest BCUT2D eigenvalue weighted by Gasteiger charge is -2.21. The maximum Gasteiger partial charge on any atom is 0.261 e. The first-order valence-electron chi connectivity index (χ1n) is 9.15. The number of carbonyl (C=O) groups excluding carboxylic acids is 1. The molecule has 8 heteroatoms. The zero-order chi connectivity index (χ0) is 19.6. The normalized spacial score (nSPS) is 16.1. The molecule has 1 aromatic heterocycles. The molecule has 2 aromatic rings. The van der Waals surface area contributed by atoms with Gasteiger partial charge in [0.2, 0.25) is 10.0 Å². The molecule has 1 amide bonds. The molecule has 0 atom stereocenters. The summed E-state index contributed by atoms with van der Waals surface area (Å²) in [6.45, 7) is 6.20. The summed E-state index contributed by atoms with van der Waals surface area (Å²) in [4.78, 5) is 12.8. The molecule has 0 radical (unpaired) electrons. The molecule has 1 saturated heterocycles. The molecule has 146 valence electrons. The van der Waals surface area contributed by atoms with Crippen molar-refractivity contribution < 1.29 is 17.7 Å². The minimum absolute atomic E-state index is 0.237. The van der Waals surface area contributed by atoms with Gasteiger partial charge in [0.05, 0.1) is 10.6 Å². The molecular weight excluding hydrogens is 366 g/mol. The molecule has 1 N–H and O–H groups in total. The second-order valence-electron chi connectivity index (χ2n) is 6.95. The van der Waals surface area contributed by atoms with Gasteiger partial charge in [-0.05, 0) is 51.3 Å². The highest BCUT2D eigenvalue weighted by Gasteiger charge is 2.27. The van der Waals surface area contributed by atoms with Crippen molar-refractivity contribution in [2.45, 2.75) is 51.3 Å². The van der Waals surface area contributed by atoms with Crippen LogP contribution in [0.4, 0.5) is 5.69 Å². The minimum Gasteiger partial charge on any atom is -0.361 e. The Bertz CT molecular complexity index is 922. The second kappa shape index (κ2) is 7.82. The van der Waals surface area contributed by atoms with E-state index in [1.54, 1.807) is 37.2 Å². The maximum atomic E-state index is 13.1. The Morgan fingerprint density at radius 1 is 1.11 bits per heavy atom. The van der Waals surface area contributed by atoms with Crippen LogP contribution in [0.15, 0.2) is 27.6 Å². The molecule has 1 aliphatic heterocycles. The Balaban J connectivity index is 1.89. The van der Waals surface area contributed by atoms with Gasteiger partial charge in [0, 0.05) is 18.8 Å². The van der Waals surface area contributed by atoms with Crippen LogP contribution in [0.3, 0.4) is 0 Å². The molecule has 0 aliphatic carbocycles. The summed E-state index contributed by atoms with van der Waals surface area (Å²) in [5.74, 6) is 0.0581. The van der Waals surface area contributed by atoms with E-state index in [9.17, 15) is 13.2 Å². The monoisotopic (exact) mass is 391 g/mol. The second-order valence-corrected chi connectivity index (χ2v) is 8.86. The van der Waals surface area contributed by atoms with Crippen molar-refractivity contribution in [2.75, 3.05) is 18.4 Å². The average molecular weight is 391 g/mol. The van der Waals surface area contributed by atoms with E-state index in [1.165, 1.54) is 6.07 Å². The molecule has 1 aromatic carbocycles. The molecule has 27 heavy (non-hydrogen) atoms. The predicted molar refractivity (Wildman–Crippen MR) is 102 cm³/mol. The number of rotatable bonds is 4. The number of nitrogens with one attached hydrogen (secondary N) is 1. The third kappa shape index (κ3) is 4.06. The molecule has 2 heterocycles. The first-order valence-corrected chi connectivity index (χ1v) is 10.6. The number of aromatic nitrogens is 1. The standard InChI is InChI=1S/C19H25N3O4S/c1-13-8-9-16(20-19(23)18-14(2)21-26-15(18)3)12-17(13)27(24,25)22-10-6-4-5-7-11-22/h8-9,12H,4-7,10-11H2,1-3H3,(H,20,23). The molecule has 0 spiro atoms. The number of hydrogen-bond donors (Lipinski definition) is 1. The fourth-order valence-corrected chi connectivity index (χ4v) is 5.15. The zero-order valence-corrected chi connectivity index (χ0v) is 16.7. The van der Waals surface area contributed by atoms with Gasteiger partial charge in [-0.1, -0.05) is 24.1 Å². The molecule has 3 rings (SSSR count). The largest absolute Gasteiger partial charge is 0.361 e. The molecule has 1 fully saturated rings. The summed E-state index contributed by atoms with van der Waals surface area (Å²) >= 11 is 0. The summed E-state index contributed by atoms with van der Waals surface area (Å²) in [7, 11) is -3.59. The van der Waals surface area contributed by atoms with Gasteiger partial charge in [0.15, 0.2) is 0 Å². The molecule has 1 aliphatic rings. The lowest BCUT2D eigenvalue weighted by atomic mass is 10.1. The van der Waals surface area contributed by atoms with Gasteiger partial charge in [-0.25, -0.2) is 8.42 Å². The van der Waals surface area contributed by atoms with Crippen LogP contribution in [-0.4, -0.2) is 36.9 Å². The van der Waals surface area contributed by atoms with Crippen molar-refractivity contribution in [3.05, 3.63) is 40.8 Å². The Labute approximate surface area is 159 Å². The number of carbonyl (C=O) groups is 1. The Hall–Kier alpha value is -2.19. The topological polar surface area (TPSA) is 92.5 Å². The van der Waals surface area contributed by atoms with Crippen LogP contribution in [0.5, 0.6) is 0 Å². The van der Waals surface area contributed by atoms with Gasteiger partial charge in [-0.3, -0.25) is 4.79 Å². The van der Waals surface area contributed by atoms with Gasteiger partial charge in [-0.15, -0.1) is 0 Å². The van der Waals surface area contributed by atoms with Gasteiger partial charge >= 0.3 is 0 Å². The summed E-state index contributed by atoms with van der Waals surface area (Å²) in [5.41, 5.74) is 1.95. The van der Waals surface area contributed by atoms with E-state index < -0.39 is 10.0 Å². The van der Waals surface area contributed by atoms with Crippen molar-refractivity contribution >= 4 is 21.6 Å². The summed E-state index contributed by atoms with van der Waals surface area (Å²) < 4.78 is 32.8. The molecule has 0 unspecified atom stereocenters. The lowest BCUT2D eigenvalue weighted by Crippen LogP contribution is -2.32. The SMILES string of the molecule is Cc1ccc(NC(=O)c2c(C)noc2C)cc1S(=O)(=O)N1CCCCCC1. The van der Waals surface area contributed by atoms with Gasteiger partial charge < -0.3 is 9.84 Å². The van der Waals surface area contributed by atoms with Crippen LogP contribution in [0, 0.1) is 20.8 Å². The Kier molecular flexibility index (Phi) is 5.67. The Morgan fingerprint density at radius 2 is 1.78 bits per heavy atom. The van der Waals surface area contributed by atoms with E-state index in [0.29, 0.717) is 41.4 Å². The lowest BCUT2D eigenvalue weighted by molar-refractivity contribution is 0.102. The fraction of sp³-hybridized carbons (Fsp3) is 0.474. The van der Waals surface area contributed by atoms with E-state index in [0.717, 1.165) is 25.7 Å². The van der Waals surface area contributed by atoms with E-state index in [1.807, 2.05) is 0 Å². The predicted octanol–water partition coefficient (Wildman–Crippen LogP) is 3.42. The quantitative estimate of drug-likeness (QED) is 0.862. The summed E-state index contributed by atoms with van der Waals surface area (Å²) in [5, 5.41) is 6.54. The van der Waals surface area contributed by atoms with Crippen molar-refractivity contribution in [1.82, 2.24) is 9.46 Å². The van der Waals surface area contributed by atoms with Crippen LogP contribution < -0.4 is 5.32 Å². The number of anilines is 1. The van der Waals surface area contributed by atoms with Gasteiger partial charge in [0.25, 0.3) is 5.91 Å². The van der Waals surface area contributed by atoms with Crippen LogP contribution >= 0.6 is 0 Å². The smallest absolute Gasteiger partial charge is 0.261 e. The number of nitrogens with zero attached hydrogens (tertiary/aromatic N) is 2. The van der Waals surface area contributed by atoms with Crippen LogP contribution in [0.25, 0.3) is 0 Å². The summed E-state index contributed by atoms with van der Waals surface area (Å²) in [6, 6.07) is 4.95. The first-order chi connectivity index (χ1) is 12.8. The molecule has 7 nitrogen and oxygen atoms in total. The van der Waals surface area contributed by atoms with Crippen LogP contribution in [-0.2, 0) is 10.0 Å². The highest BCUT2D eigenvalue weighted by Crippen LogP contribution is 2.26. The molecule has 0 saturated carbocycles. The molecule has 0 bridgehead atoms. The third-order valence-electron chi connectivity index (χ3n) is 4.89. The van der Waals surface area contributed by atoms with Crippen LogP contribution in [0.2, 0.25) is 0 Å². The number of aryl methyl sites for hydroxylation is 3. The van der Waals surface area contributed by atoms with Crippen molar-refractivity contribution in [1.29, 1.82) is 0 Å². The van der Waals surface area contributed by atoms with E-state index >= 15 is 0 Å². The highest BCUT2D eigenvalue weighted by molar-refractivity contribution is 7.89.